The molecule has 0 aliphatic rings. The van der Waals surface area contributed by atoms with E-state index >= 15 is 0 Å². The summed E-state index contributed by atoms with van der Waals surface area (Å²) in [4.78, 5) is 24.4. The van der Waals surface area contributed by atoms with E-state index < -0.39 is 11.7 Å². The zero-order valence-corrected chi connectivity index (χ0v) is 17.5. The van der Waals surface area contributed by atoms with Gasteiger partial charge in [-0.05, 0) is 36.2 Å². The third kappa shape index (κ3) is 5.66. The lowest BCUT2D eigenvalue weighted by Gasteiger charge is -2.07. The first-order chi connectivity index (χ1) is 14.5. The number of nitrogens with one attached hydrogen (secondary N) is 2. The van der Waals surface area contributed by atoms with Crippen LogP contribution in [0.5, 0.6) is 0 Å². The molecule has 0 atom stereocenters. The quantitative estimate of drug-likeness (QED) is 0.538. The number of nitrogens with zero attached hydrogens (tertiary/aromatic N) is 3. The standard InChI is InChI=1S/C21H22FN5O2S/c1-3-14-8-10-15(11-9-14)23-20(29)13-30-21-26-25-18(27(21)2)12-19(28)24-17-7-5-4-6-16(17)22/h4-11H,3,12-13H2,1-2H3,(H,23,29)(H,24,28). The van der Waals surface area contributed by atoms with E-state index in [1.807, 2.05) is 24.3 Å². The van der Waals surface area contributed by atoms with Gasteiger partial charge in [-0.15, -0.1) is 10.2 Å². The third-order valence-corrected chi connectivity index (χ3v) is 5.39. The Balaban J connectivity index is 1.52. The molecule has 3 aromatic rings. The number of aryl methyl sites for hydroxylation is 1. The number of anilines is 2. The van der Waals surface area contributed by atoms with Crippen LogP contribution in [0, 0.1) is 5.82 Å². The molecule has 3 rings (SSSR count). The van der Waals surface area contributed by atoms with E-state index in [9.17, 15) is 14.0 Å². The molecule has 0 fully saturated rings. The number of carbonyl (C=O) groups is 2. The molecule has 7 nitrogen and oxygen atoms in total. The normalized spacial score (nSPS) is 10.6. The molecular weight excluding hydrogens is 405 g/mol. The number of amides is 2. The Kier molecular flexibility index (Phi) is 7.18. The number of para-hydroxylation sites is 1. The van der Waals surface area contributed by atoms with E-state index in [1.54, 1.807) is 23.7 Å². The van der Waals surface area contributed by atoms with Crippen molar-refractivity contribution in [2.75, 3.05) is 16.4 Å². The van der Waals surface area contributed by atoms with Crippen LogP contribution in [0.25, 0.3) is 0 Å². The van der Waals surface area contributed by atoms with E-state index in [-0.39, 0.29) is 23.8 Å². The molecule has 0 bridgehead atoms. The number of rotatable bonds is 8. The molecule has 2 amide bonds. The molecule has 0 aliphatic carbocycles. The summed E-state index contributed by atoms with van der Waals surface area (Å²) in [5, 5.41) is 13.9. The van der Waals surface area contributed by atoms with Gasteiger partial charge in [0, 0.05) is 12.7 Å². The second-order valence-electron chi connectivity index (χ2n) is 6.55. The predicted octanol–water partition coefficient (Wildman–Crippen LogP) is 3.43. The van der Waals surface area contributed by atoms with Crippen molar-refractivity contribution in [2.45, 2.75) is 24.9 Å². The molecule has 2 N–H and O–H groups in total. The van der Waals surface area contributed by atoms with Crippen molar-refractivity contribution >= 4 is 35.0 Å². The molecule has 0 spiro atoms. The van der Waals surface area contributed by atoms with E-state index in [4.69, 9.17) is 0 Å². The highest BCUT2D eigenvalue weighted by Gasteiger charge is 2.15. The fraction of sp³-hybridized carbons (Fsp3) is 0.238. The lowest BCUT2D eigenvalue weighted by molar-refractivity contribution is -0.116. The van der Waals surface area contributed by atoms with Crippen LogP contribution in [0.3, 0.4) is 0 Å². The SMILES string of the molecule is CCc1ccc(NC(=O)CSc2nnc(CC(=O)Nc3ccccc3F)n2C)cc1. The Morgan fingerprint density at radius 2 is 1.77 bits per heavy atom. The van der Waals surface area contributed by atoms with Crippen LogP contribution in [0.15, 0.2) is 53.7 Å². The minimum atomic E-state index is -0.504. The van der Waals surface area contributed by atoms with Gasteiger partial charge in [-0.25, -0.2) is 4.39 Å². The van der Waals surface area contributed by atoms with Gasteiger partial charge in [-0.1, -0.05) is 43.0 Å². The van der Waals surface area contributed by atoms with Gasteiger partial charge in [0.05, 0.1) is 17.9 Å². The van der Waals surface area contributed by atoms with Crippen LogP contribution in [-0.2, 0) is 29.5 Å². The van der Waals surface area contributed by atoms with Crippen LogP contribution in [0.1, 0.15) is 18.3 Å². The Hall–Kier alpha value is -3.20. The summed E-state index contributed by atoms with van der Waals surface area (Å²) in [6.45, 7) is 2.07. The summed E-state index contributed by atoms with van der Waals surface area (Å²) in [5.74, 6) is -0.494. The Morgan fingerprint density at radius 3 is 2.47 bits per heavy atom. The maximum Gasteiger partial charge on any atom is 0.234 e. The fourth-order valence-electron chi connectivity index (χ4n) is 2.68. The van der Waals surface area contributed by atoms with Crippen molar-refractivity contribution < 1.29 is 14.0 Å². The van der Waals surface area contributed by atoms with Crippen molar-refractivity contribution in [2.24, 2.45) is 7.05 Å². The molecule has 0 saturated carbocycles. The number of hydrogen-bond donors (Lipinski definition) is 2. The van der Waals surface area contributed by atoms with Crippen LogP contribution in [-0.4, -0.2) is 32.3 Å². The molecule has 0 radical (unpaired) electrons. The lowest BCUT2D eigenvalue weighted by Crippen LogP contribution is -2.18. The van der Waals surface area contributed by atoms with Gasteiger partial charge in [0.2, 0.25) is 11.8 Å². The minimum absolute atomic E-state index is 0.0611. The minimum Gasteiger partial charge on any atom is -0.325 e. The van der Waals surface area contributed by atoms with Crippen molar-refractivity contribution in [1.29, 1.82) is 0 Å². The van der Waals surface area contributed by atoms with Gasteiger partial charge in [-0.2, -0.15) is 0 Å². The first-order valence-corrected chi connectivity index (χ1v) is 10.4. The molecule has 9 heteroatoms. The Labute approximate surface area is 178 Å². The van der Waals surface area contributed by atoms with Gasteiger partial charge in [0.25, 0.3) is 0 Å². The second kappa shape index (κ2) is 10.0. The molecule has 2 aromatic carbocycles. The van der Waals surface area contributed by atoms with E-state index in [0.29, 0.717) is 11.0 Å². The van der Waals surface area contributed by atoms with Crippen LogP contribution < -0.4 is 10.6 Å². The van der Waals surface area contributed by atoms with Crippen LogP contribution in [0.2, 0.25) is 0 Å². The molecule has 0 saturated heterocycles. The van der Waals surface area contributed by atoms with Gasteiger partial charge >= 0.3 is 0 Å². The number of hydrogen-bond acceptors (Lipinski definition) is 5. The monoisotopic (exact) mass is 427 g/mol. The van der Waals surface area contributed by atoms with Crippen molar-refractivity contribution in [3.8, 4) is 0 Å². The first kappa shape index (κ1) is 21.5. The van der Waals surface area contributed by atoms with Crippen molar-refractivity contribution in [3.05, 3.63) is 65.7 Å². The molecular formula is C21H22FN5O2S. The summed E-state index contributed by atoms with van der Waals surface area (Å²) in [5.41, 5.74) is 2.05. The highest BCUT2D eigenvalue weighted by atomic mass is 32.2. The predicted molar refractivity (Wildman–Crippen MR) is 115 cm³/mol. The molecule has 30 heavy (non-hydrogen) atoms. The Bertz CT molecular complexity index is 1040. The molecule has 1 aromatic heterocycles. The van der Waals surface area contributed by atoms with Crippen molar-refractivity contribution in [3.63, 3.8) is 0 Å². The summed E-state index contributed by atoms with van der Waals surface area (Å²) in [6.07, 6.45) is 0.880. The number of thioether (sulfide) groups is 1. The van der Waals surface area contributed by atoms with Gasteiger partial charge in [0.15, 0.2) is 5.16 Å². The number of carbonyl (C=O) groups excluding carboxylic acids is 2. The Morgan fingerprint density at radius 1 is 1.03 bits per heavy atom. The summed E-state index contributed by atoms with van der Waals surface area (Å²) in [6, 6.07) is 13.6. The lowest BCUT2D eigenvalue weighted by atomic mass is 10.1. The van der Waals surface area contributed by atoms with Crippen LogP contribution >= 0.6 is 11.8 Å². The highest BCUT2D eigenvalue weighted by Crippen LogP contribution is 2.18. The maximum absolute atomic E-state index is 13.7. The molecule has 0 aliphatic heterocycles. The van der Waals surface area contributed by atoms with Gasteiger partial charge in [0.1, 0.15) is 11.6 Å². The molecule has 1 heterocycles. The van der Waals surface area contributed by atoms with Crippen molar-refractivity contribution in [1.82, 2.24) is 14.8 Å². The maximum atomic E-state index is 13.7. The fourth-order valence-corrected chi connectivity index (χ4v) is 3.41. The molecule has 0 unspecified atom stereocenters. The second-order valence-corrected chi connectivity index (χ2v) is 7.49. The van der Waals surface area contributed by atoms with E-state index in [2.05, 4.69) is 27.8 Å². The zero-order chi connectivity index (χ0) is 21.5. The summed E-state index contributed by atoms with van der Waals surface area (Å²) in [7, 11) is 1.72. The average Bonchev–Trinajstić information content (AvgIpc) is 3.08. The first-order valence-electron chi connectivity index (χ1n) is 9.40. The number of aromatic nitrogens is 3. The van der Waals surface area contributed by atoms with E-state index in [0.717, 1.165) is 12.1 Å². The number of halogens is 1. The van der Waals surface area contributed by atoms with Crippen LogP contribution in [0.4, 0.5) is 15.8 Å². The zero-order valence-electron chi connectivity index (χ0n) is 16.7. The number of benzene rings is 2. The summed E-state index contributed by atoms with van der Waals surface area (Å²) < 4.78 is 15.3. The highest BCUT2D eigenvalue weighted by molar-refractivity contribution is 7.99. The van der Waals surface area contributed by atoms with Gasteiger partial charge < -0.3 is 15.2 Å². The molecule has 156 valence electrons. The average molecular weight is 428 g/mol. The largest absolute Gasteiger partial charge is 0.325 e. The van der Waals surface area contributed by atoms with E-state index in [1.165, 1.54) is 29.5 Å². The van der Waals surface area contributed by atoms with Gasteiger partial charge in [-0.3, -0.25) is 9.59 Å². The summed E-state index contributed by atoms with van der Waals surface area (Å²) >= 11 is 1.22. The smallest absolute Gasteiger partial charge is 0.234 e. The third-order valence-electron chi connectivity index (χ3n) is 4.37. The topological polar surface area (TPSA) is 88.9 Å².